The fraction of sp³-hybridized carbons (Fsp3) is 0.417. The number of carbonyl (C=O) groups excluding carboxylic acids is 1. The Hall–Kier alpha value is -1.47. The number of sulfonamides is 1. The van der Waals surface area contributed by atoms with Crippen LogP contribution < -0.4 is 4.72 Å². The molecule has 0 unspecified atom stereocenters. The summed E-state index contributed by atoms with van der Waals surface area (Å²) in [6.07, 6.45) is 2.46. The molecule has 104 valence electrons. The molecule has 1 aliphatic carbocycles. The number of carbonyl (C=O) groups is 1. The maximum atomic E-state index is 13.2. The summed E-state index contributed by atoms with van der Waals surface area (Å²) in [6, 6.07) is 2.82. The molecule has 19 heavy (non-hydrogen) atoms. The molecular formula is C12H14FNO4S. The molecule has 0 atom stereocenters. The predicted octanol–water partition coefficient (Wildman–Crippen LogP) is 1.44. The lowest BCUT2D eigenvalue weighted by Crippen LogP contribution is -2.40. The van der Waals surface area contributed by atoms with Crippen LogP contribution >= 0.6 is 0 Å². The Balaban J connectivity index is 2.41. The van der Waals surface area contributed by atoms with Crippen LogP contribution in [-0.2, 0) is 14.8 Å². The Labute approximate surface area is 110 Å². The second kappa shape index (κ2) is 5.26. The van der Waals surface area contributed by atoms with Gasteiger partial charge in [0.1, 0.15) is 5.82 Å². The lowest BCUT2D eigenvalue weighted by atomic mass is 9.94. The van der Waals surface area contributed by atoms with Gasteiger partial charge in [-0.15, -0.1) is 0 Å². The predicted molar refractivity (Wildman–Crippen MR) is 65.7 cm³/mol. The van der Waals surface area contributed by atoms with Crippen molar-refractivity contribution in [1.29, 1.82) is 0 Å². The first kappa shape index (κ1) is 14.0. The molecule has 0 heterocycles. The third-order valence-electron chi connectivity index (χ3n) is 3.07. The van der Waals surface area contributed by atoms with Crippen molar-refractivity contribution in [3.05, 3.63) is 29.6 Å². The molecule has 1 aromatic carbocycles. The molecule has 0 amide bonds. The largest absolute Gasteiger partial charge is 0.465 e. The van der Waals surface area contributed by atoms with Gasteiger partial charge in [0.05, 0.1) is 17.6 Å². The van der Waals surface area contributed by atoms with Crippen LogP contribution in [0.3, 0.4) is 0 Å². The van der Waals surface area contributed by atoms with Crippen LogP contribution in [0.15, 0.2) is 23.1 Å². The first-order chi connectivity index (χ1) is 8.94. The van der Waals surface area contributed by atoms with Crippen molar-refractivity contribution in [3.63, 3.8) is 0 Å². The quantitative estimate of drug-likeness (QED) is 0.851. The number of halogens is 1. The number of rotatable bonds is 4. The van der Waals surface area contributed by atoms with Gasteiger partial charge < -0.3 is 4.74 Å². The van der Waals surface area contributed by atoms with E-state index in [-0.39, 0.29) is 16.5 Å². The highest BCUT2D eigenvalue weighted by atomic mass is 32.2. The molecule has 0 saturated heterocycles. The van der Waals surface area contributed by atoms with E-state index in [0.717, 1.165) is 44.6 Å². The highest BCUT2D eigenvalue weighted by Gasteiger charge is 2.28. The van der Waals surface area contributed by atoms with Gasteiger partial charge in [-0.1, -0.05) is 6.42 Å². The standard InChI is InChI=1S/C12H14FNO4S/c1-18-12(15)10-6-5-8(13)7-11(10)19(16,17)14-9-3-2-4-9/h5-7,9,14H,2-4H2,1H3. The Morgan fingerprint density at radius 1 is 1.42 bits per heavy atom. The van der Waals surface area contributed by atoms with Crippen LogP contribution in [0.4, 0.5) is 4.39 Å². The molecule has 5 nitrogen and oxygen atoms in total. The Bertz CT molecular complexity index is 596. The topological polar surface area (TPSA) is 72.5 Å². The summed E-state index contributed by atoms with van der Waals surface area (Å²) in [5.74, 6) is -1.53. The van der Waals surface area contributed by atoms with Crippen LogP contribution in [0, 0.1) is 5.82 Å². The number of methoxy groups -OCH3 is 1. The molecule has 1 aromatic rings. The zero-order chi connectivity index (χ0) is 14.0. The van der Waals surface area contributed by atoms with Crippen molar-refractivity contribution in [2.75, 3.05) is 7.11 Å². The van der Waals surface area contributed by atoms with E-state index in [9.17, 15) is 17.6 Å². The molecule has 1 aliphatic rings. The average molecular weight is 287 g/mol. The summed E-state index contributed by atoms with van der Waals surface area (Å²) in [4.78, 5) is 11.1. The number of hydrogen-bond donors (Lipinski definition) is 1. The summed E-state index contributed by atoms with van der Waals surface area (Å²) in [6.45, 7) is 0. The van der Waals surface area contributed by atoms with E-state index in [1.807, 2.05) is 0 Å². The van der Waals surface area contributed by atoms with Gasteiger partial charge in [-0.2, -0.15) is 0 Å². The summed E-state index contributed by atoms with van der Waals surface area (Å²) in [5.41, 5.74) is -0.171. The van der Waals surface area contributed by atoms with Gasteiger partial charge in [0.15, 0.2) is 0 Å². The molecular weight excluding hydrogens is 273 g/mol. The van der Waals surface area contributed by atoms with E-state index < -0.39 is 21.8 Å². The van der Waals surface area contributed by atoms with Crippen LogP contribution in [0.2, 0.25) is 0 Å². The summed E-state index contributed by atoms with van der Waals surface area (Å²) in [5, 5.41) is 0. The van der Waals surface area contributed by atoms with Crippen LogP contribution in [0.5, 0.6) is 0 Å². The summed E-state index contributed by atoms with van der Waals surface area (Å²) < 4.78 is 44.5. The van der Waals surface area contributed by atoms with Crippen molar-refractivity contribution in [2.45, 2.75) is 30.2 Å². The lowest BCUT2D eigenvalue weighted by molar-refractivity contribution is 0.0596. The number of benzene rings is 1. The van der Waals surface area contributed by atoms with Gasteiger partial charge in [0.2, 0.25) is 10.0 Å². The van der Waals surface area contributed by atoms with Crippen molar-refractivity contribution in [1.82, 2.24) is 4.72 Å². The summed E-state index contributed by atoms with van der Waals surface area (Å²) >= 11 is 0. The minimum absolute atomic E-state index is 0.140. The zero-order valence-corrected chi connectivity index (χ0v) is 11.2. The molecule has 7 heteroatoms. The summed E-state index contributed by atoms with van der Waals surface area (Å²) in [7, 11) is -2.78. The molecule has 0 aliphatic heterocycles. The second-order valence-corrected chi connectivity index (χ2v) is 6.06. The second-order valence-electron chi connectivity index (χ2n) is 4.38. The van der Waals surface area contributed by atoms with Gasteiger partial charge in [-0.25, -0.2) is 22.3 Å². The van der Waals surface area contributed by atoms with E-state index in [0.29, 0.717) is 0 Å². The number of esters is 1. The average Bonchev–Trinajstić information content (AvgIpc) is 2.33. The van der Waals surface area contributed by atoms with Gasteiger partial charge in [-0.3, -0.25) is 0 Å². The fourth-order valence-electron chi connectivity index (χ4n) is 1.81. The highest BCUT2D eigenvalue weighted by molar-refractivity contribution is 7.89. The van der Waals surface area contributed by atoms with E-state index >= 15 is 0 Å². The third kappa shape index (κ3) is 2.93. The van der Waals surface area contributed by atoms with E-state index in [2.05, 4.69) is 9.46 Å². The molecule has 0 bridgehead atoms. The normalized spacial score (nSPS) is 15.9. The molecule has 1 fully saturated rings. The molecule has 1 N–H and O–H groups in total. The van der Waals surface area contributed by atoms with Crippen molar-refractivity contribution >= 4 is 16.0 Å². The molecule has 2 rings (SSSR count). The van der Waals surface area contributed by atoms with E-state index in [4.69, 9.17) is 0 Å². The maximum absolute atomic E-state index is 13.2. The SMILES string of the molecule is COC(=O)c1ccc(F)cc1S(=O)(=O)NC1CCC1. The van der Waals surface area contributed by atoms with Gasteiger partial charge in [0.25, 0.3) is 0 Å². The Kier molecular flexibility index (Phi) is 3.86. The number of hydrogen-bond acceptors (Lipinski definition) is 4. The van der Waals surface area contributed by atoms with Crippen molar-refractivity contribution < 1.29 is 22.3 Å². The van der Waals surface area contributed by atoms with E-state index in [1.54, 1.807) is 0 Å². The maximum Gasteiger partial charge on any atom is 0.339 e. The van der Waals surface area contributed by atoms with Crippen LogP contribution in [0.25, 0.3) is 0 Å². The number of nitrogens with one attached hydrogen (secondary N) is 1. The fourth-order valence-corrected chi connectivity index (χ4v) is 3.32. The first-order valence-corrected chi connectivity index (χ1v) is 7.32. The monoisotopic (exact) mass is 287 g/mol. The molecule has 0 spiro atoms. The van der Waals surface area contributed by atoms with Crippen molar-refractivity contribution in [2.24, 2.45) is 0 Å². The number of ether oxygens (including phenoxy) is 1. The van der Waals surface area contributed by atoms with Crippen molar-refractivity contribution in [3.8, 4) is 0 Å². The minimum Gasteiger partial charge on any atom is -0.465 e. The smallest absolute Gasteiger partial charge is 0.339 e. The molecule has 0 radical (unpaired) electrons. The van der Waals surface area contributed by atoms with Gasteiger partial charge >= 0.3 is 5.97 Å². The van der Waals surface area contributed by atoms with E-state index in [1.165, 1.54) is 0 Å². The van der Waals surface area contributed by atoms with Gasteiger partial charge in [-0.05, 0) is 31.0 Å². The van der Waals surface area contributed by atoms with Gasteiger partial charge in [0, 0.05) is 6.04 Å². The van der Waals surface area contributed by atoms with Crippen LogP contribution in [0.1, 0.15) is 29.6 Å². The lowest BCUT2D eigenvalue weighted by Gasteiger charge is -2.26. The zero-order valence-electron chi connectivity index (χ0n) is 10.3. The first-order valence-electron chi connectivity index (χ1n) is 5.84. The third-order valence-corrected chi connectivity index (χ3v) is 4.63. The highest BCUT2D eigenvalue weighted by Crippen LogP contribution is 2.23. The minimum atomic E-state index is -3.92. The molecule has 1 saturated carbocycles. The van der Waals surface area contributed by atoms with Crippen LogP contribution in [-0.4, -0.2) is 27.5 Å². The molecule has 0 aromatic heterocycles. The Morgan fingerprint density at radius 3 is 2.63 bits per heavy atom. The Morgan fingerprint density at radius 2 is 2.11 bits per heavy atom.